The van der Waals surface area contributed by atoms with E-state index in [9.17, 15) is 4.79 Å². The van der Waals surface area contributed by atoms with Crippen molar-refractivity contribution in [1.82, 2.24) is 9.97 Å². The van der Waals surface area contributed by atoms with Gasteiger partial charge in [0.05, 0.1) is 23.5 Å². The fourth-order valence-electron chi connectivity index (χ4n) is 2.47. The van der Waals surface area contributed by atoms with Gasteiger partial charge in [0, 0.05) is 6.20 Å². The first-order valence-electron chi connectivity index (χ1n) is 9.82. The van der Waals surface area contributed by atoms with E-state index in [-0.39, 0.29) is 28.8 Å². The summed E-state index contributed by atoms with van der Waals surface area (Å²) in [5.41, 5.74) is 0.910. The molecule has 1 aromatic heterocycles. The number of ether oxygens (including phenoxy) is 1. The fraction of sp³-hybridized carbons (Fsp3) is 0.476. The zero-order valence-electron chi connectivity index (χ0n) is 18.3. The van der Waals surface area contributed by atoms with Crippen molar-refractivity contribution in [1.29, 1.82) is 0 Å². The summed E-state index contributed by atoms with van der Waals surface area (Å²) >= 11 is 9.35. The van der Waals surface area contributed by atoms with E-state index in [2.05, 4.69) is 65.1 Å². The summed E-state index contributed by atoms with van der Waals surface area (Å²) in [5, 5.41) is 3.50. The molecule has 0 fully saturated rings. The van der Waals surface area contributed by atoms with Crippen LogP contribution in [0.5, 0.6) is 5.75 Å². The predicted molar refractivity (Wildman–Crippen MR) is 127 cm³/mol. The molecule has 1 heterocycles. The molecule has 1 unspecified atom stereocenters. The van der Waals surface area contributed by atoms with Crippen molar-refractivity contribution in [3.8, 4) is 5.75 Å². The van der Waals surface area contributed by atoms with Crippen molar-refractivity contribution >= 4 is 47.6 Å². The average molecular weight is 515 g/mol. The molecule has 164 valence electrons. The second kappa shape index (κ2) is 10.1. The van der Waals surface area contributed by atoms with Crippen molar-refractivity contribution in [3.63, 3.8) is 0 Å². The third-order valence-corrected chi connectivity index (χ3v) is 10.3. The molecule has 0 aliphatic carbocycles. The number of hydrogen-bond donors (Lipinski definition) is 1. The van der Waals surface area contributed by atoms with E-state index in [0.717, 1.165) is 11.3 Å². The van der Waals surface area contributed by atoms with Crippen LogP contribution in [0.1, 0.15) is 45.7 Å². The van der Waals surface area contributed by atoms with Gasteiger partial charge in [0.15, 0.2) is 0 Å². The van der Waals surface area contributed by atoms with Gasteiger partial charge in [-0.2, -0.15) is 4.98 Å². The van der Waals surface area contributed by atoms with E-state index in [1.165, 1.54) is 0 Å². The summed E-state index contributed by atoms with van der Waals surface area (Å²) in [6.45, 7) is 13.2. The SMILES string of the molecule is CCOC(=O)CC(Nc1nc(Cl)ncc1Br)c1ccc(O[Si](C)(C)C(C)(C)C)cc1. The standard InChI is InChI=1S/C21H29BrClN3O3Si/c1-7-28-18(27)12-17(25-19-16(22)13-24-20(23)26-19)14-8-10-15(11-9-14)29-30(5,6)21(2,3)4/h8-11,13,17H,7,12H2,1-6H3,(H,24,25,26). The molecular weight excluding hydrogens is 486 g/mol. The van der Waals surface area contributed by atoms with Gasteiger partial charge in [-0.25, -0.2) is 4.98 Å². The van der Waals surface area contributed by atoms with Crippen molar-refractivity contribution in [2.24, 2.45) is 0 Å². The molecule has 1 aromatic carbocycles. The lowest BCUT2D eigenvalue weighted by Crippen LogP contribution is -2.43. The highest BCUT2D eigenvalue weighted by Gasteiger charge is 2.39. The van der Waals surface area contributed by atoms with Crippen LogP contribution in [0, 0.1) is 0 Å². The number of hydrogen-bond acceptors (Lipinski definition) is 6. The van der Waals surface area contributed by atoms with Crippen LogP contribution in [0.2, 0.25) is 23.4 Å². The number of anilines is 1. The molecule has 1 N–H and O–H groups in total. The number of carbonyl (C=O) groups excluding carboxylic acids is 1. The average Bonchev–Trinajstić information content (AvgIpc) is 2.64. The first kappa shape index (κ1) is 24.6. The molecule has 0 bridgehead atoms. The number of benzene rings is 1. The summed E-state index contributed by atoms with van der Waals surface area (Å²) in [6, 6.07) is 7.44. The van der Waals surface area contributed by atoms with Crippen LogP contribution in [-0.2, 0) is 9.53 Å². The van der Waals surface area contributed by atoms with Crippen LogP contribution in [0.4, 0.5) is 5.82 Å². The van der Waals surface area contributed by atoms with E-state index in [0.29, 0.717) is 16.9 Å². The summed E-state index contributed by atoms with van der Waals surface area (Å²) in [7, 11) is -1.93. The topological polar surface area (TPSA) is 73.3 Å². The highest BCUT2D eigenvalue weighted by atomic mass is 79.9. The van der Waals surface area contributed by atoms with Crippen LogP contribution >= 0.6 is 27.5 Å². The Bertz CT molecular complexity index is 873. The smallest absolute Gasteiger partial charge is 0.308 e. The first-order chi connectivity index (χ1) is 13.9. The Morgan fingerprint density at radius 3 is 2.47 bits per heavy atom. The third kappa shape index (κ3) is 6.68. The minimum absolute atomic E-state index is 0.109. The van der Waals surface area contributed by atoms with Gasteiger partial charge >= 0.3 is 5.97 Å². The van der Waals surface area contributed by atoms with Gasteiger partial charge in [-0.3, -0.25) is 4.79 Å². The minimum Gasteiger partial charge on any atom is -0.544 e. The number of carbonyl (C=O) groups is 1. The van der Waals surface area contributed by atoms with Crippen molar-refractivity contribution < 1.29 is 14.0 Å². The second-order valence-electron chi connectivity index (χ2n) is 8.47. The van der Waals surface area contributed by atoms with Gasteiger partial charge in [0.1, 0.15) is 11.6 Å². The molecule has 0 saturated heterocycles. The number of rotatable bonds is 8. The van der Waals surface area contributed by atoms with Crippen LogP contribution in [0.15, 0.2) is 34.9 Å². The predicted octanol–water partition coefficient (Wildman–Crippen LogP) is 6.38. The maximum absolute atomic E-state index is 12.2. The molecule has 1 atom stereocenters. The van der Waals surface area contributed by atoms with Gasteiger partial charge in [-0.1, -0.05) is 32.9 Å². The van der Waals surface area contributed by atoms with Crippen molar-refractivity contribution in [2.75, 3.05) is 11.9 Å². The molecule has 30 heavy (non-hydrogen) atoms. The third-order valence-electron chi connectivity index (χ3n) is 5.16. The maximum atomic E-state index is 12.2. The summed E-state index contributed by atoms with van der Waals surface area (Å²) in [4.78, 5) is 20.3. The fourth-order valence-corrected chi connectivity index (χ4v) is 3.94. The minimum atomic E-state index is -1.93. The van der Waals surface area contributed by atoms with Gasteiger partial charge in [-0.15, -0.1) is 0 Å². The van der Waals surface area contributed by atoms with Gasteiger partial charge in [0.2, 0.25) is 13.6 Å². The monoisotopic (exact) mass is 513 g/mol. The molecule has 0 spiro atoms. The molecule has 0 aliphatic rings. The van der Waals surface area contributed by atoms with Crippen LogP contribution < -0.4 is 9.74 Å². The van der Waals surface area contributed by atoms with Crippen LogP contribution in [-0.4, -0.2) is 30.9 Å². The van der Waals surface area contributed by atoms with Gasteiger partial charge in [0.25, 0.3) is 0 Å². The summed E-state index contributed by atoms with van der Waals surface area (Å²) in [6.07, 6.45) is 1.71. The Hall–Kier alpha value is -1.64. The summed E-state index contributed by atoms with van der Waals surface area (Å²) in [5.74, 6) is 1.03. The Labute approximate surface area is 193 Å². The van der Waals surface area contributed by atoms with E-state index < -0.39 is 8.32 Å². The Morgan fingerprint density at radius 1 is 1.27 bits per heavy atom. The lowest BCUT2D eigenvalue weighted by Gasteiger charge is -2.36. The van der Waals surface area contributed by atoms with Crippen LogP contribution in [0.3, 0.4) is 0 Å². The molecule has 0 radical (unpaired) electrons. The summed E-state index contributed by atoms with van der Waals surface area (Å²) < 4.78 is 12.2. The van der Waals surface area contributed by atoms with Gasteiger partial charge in [-0.05, 0) is 70.3 Å². The highest BCUT2D eigenvalue weighted by molar-refractivity contribution is 9.10. The normalized spacial score (nSPS) is 12.9. The zero-order chi connectivity index (χ0) is 22.5. The molecular formula is C21H29BrClN3O3Si. The number of esters is 1. The molecule has 9 heteroatoms. The zero-order valence-corrected chi connectivity index (χ0v) is 21.6. The van der Waals surface area contributed by atoms with E-state index >= 15 is 0 Å². The number of nitrogens with one attached hydrogen (secondary N) is 1. The van der Waals surface area contributed by atoms with E-state index in [1.807, 2.05) is 24.3 Å². The molecule has 6 nitrogen and oxygen atoms in total. The first-order valence-corrected chi connectivity index (χ1v) is 13.9. The van der Waals surface area contributed by atoms with Crippen molar-refractivity contribution in [2.45, 2.75) is 58.3 Å². The molecule has 0 amide bonds. The maximum Gasteiger partial charge on any atom is 0.308 e. The largest absolute Gasteiger partial charge is 0.544 e. The quantitative estimate of drug-likeness (QED) is 0.250. The Balaban J connectivity index is 2.27. The number of aromatic nitrogens is 2. The van der Waals surface area contributed by atoms with Gasteiger partial charge < -0.3 is 14.5 Å². The Kier molecular flexibility index (Phi) is 8.30. The van der Waals surface area contributed by atoms with E-state index in [1.54, 1.807) is 13.1 Å². The molecule has 0 aliphatic heterocycles. The lowest BCUT2D eigenvalue weighted by molar-refractivity contribution is -0.143. The van der Waals surface area contributed by atoms with E-state index in [4.69, 9.17) is 20.8 Å². The number of halogens is 2. The Morgan fingerprint density at radius 2 is 1.90 bits per heavy atom. The lowest BCUT2D eigenvalue weighted by atomic mass is 10.0. The highest BCUT2D eigenvalue weighted by Crippen LogP contribution is 2.37. The molecule has 0 saturated carbocycles. The molecule has 2 aromatic rings. The number of nitrogens with zero attached hydrogens (tertiary/aromatic N) is 2. The van der Waals surface area contributed by atoms with Crippen LogP contribution in [0.25, 0.3) is 0 Å². The second-order valence-corrected chi connectivity index (χ2v) is 14.4. The molecule has 2 rings (SSSR count). The van der Waals surface area contributed by atoms with Crippen molar-refractivity contribution in [3.05, 3.63) is 45.8 Å².